The minimum atomic E-state index is -1.21. The fraction of sp³-hybridized carbons (Fsp3) is 0.138. The van der Waals surface area contributed by atoms with E-state index >= 15 is 0 Å². The molecular formula is C29H23ClFN3O5. The number of Topliss-reactive ketones (excluding diaryl/α,β-unsaturated/α-hetero) is 1. The van der Waals surface area contributed by atoms with E-state index in [1.807, 2.05) is 6.07 Å². The minimum Gasteiger partial charge on any atom is -0.480 e. The normalized spacial score (nSPS) is 11.5. The van der Waals surface area contributed by atoms with E-state index in [9.17, 15) is 23.6 Å². The molecule has 1 N–H and O–H groups in total. The highest BCUT2D eigenvalue weighted by molar-refractivity contribution is 6.31. The molecule has 0 spiro atoms. The molecule has 4 rings (SSSR count). The van der Waals surface area contributed by atoms with Crippen LogP contribution in [-0.4, -0.2) is 34.9 Å². The lowest BCUT2D eigenvalue weighted by molar-refractivity contribution is -0.119. The molecule has 198 valence electrons. The van der Waals surface area contributed by atoms with E-state index < -0.39 is 23.3 Å². The second-order valence-corrected chi connectivity index (χ2v) is 9.08. The molecule has 4 aromatic rings. The number of carbonyl (C=O) groups is 3. The number of anilines is 1. The fourth-order valence-corrected chi connectivity index (χ4v) is 4.29. The highest BCUT2D eigenvalue weighted by Crippen LogP contribution is 2.32. The van der Waals surface area contributed by atoms with Gasteiger partial charge in [-0.1, -0.05) is 41.9 Å². The Bertz CT molecular complexity index is 1620. The lowest BCUT2D eigenvalue weighted by Gasteiger charge is -2.20. The van der Waals surface area contributed by atoms with Crippen molar-refractivity contribution >= 4 is 35.3 Å². The number of hydrogen-bond donors (Lipinski definition) is 1. The maximum Gasteiger partial charge on any atom is 0.268 e. The lowest BCUT2D eigenvalue weighted by atomic mass is 9.98. The van der Waals surface area contributed by atoms with Crippen LogP contribution < -0.4 is 15.6 Å². The summed E-state index contributed by atoms with van der Waals surface area (Å²) in [6.07, 6.45) is 0.535. The molecule has 1 aromatic heterocycles. The van der Waals surface area contributed by atoms with Gasteiger partial charge in [0.05, 0.1) is 18.4 Å². The summed E-state index contributed by atoms with van der Waals surface area (Å²) in [5.41, 5.74) is 0.893. The highest BCUT2D eigenvalue weighted by atomic mass is 35.5. The van der Waals surface area contributed by atoms with Gasteiger partial charge in [0.15, 0.2) is 5.78 Å². The van der Waals surface area contributed by atoms with E-state index in [2.05, 4.69) is 10.4 Å². The summed E-state index contributed by atoms with van der Waals surface area (Å²) in [5.74, 6) is -1.80. The molecule has 1 atom stereocenters. The lowest BCUT2D eigenvalue weighted by Crippen LogP contribution is -2.36. The van der Waals surface area contributed by atoms with Crippen LogP contribution in [0.25, 0.3) is 11.1 Å². The molecule has 1 unspecified atom stereocenters. The van der Waals surface area contributed by atoms with Crippen molar-refractivity contribution in [2.24, 2.45) is 0 Å². The Hall–Kier alpha value is -4.63. The maximum absolute atomic E-state index is 14.5. The monoisotopic (exact) mass is 547 g/mol. The average molecular weight is 548 g/mol. The first-order valence-corrected chi connectivity index (χ1v) is 12.2. The molecule has 10 heteroatoms. The Morgan fingerprint density at radius 3 is 2.46 bits per heavy atom. The Morgan fingerprint density at radius 2 is 1.82 bits per heavy atom. The highest BCUT2D eigenvalue weighted by Gasteiger charge is 2.27. The standard InChI is InChI=1S/C29H23ClFN3O5/c1-17(36)21-10-9-20(30)14-22(21)23-15-27(37)34(33-29(23)39-2)26(13-18-6-4-3-5-7-18)28(38)32-25-11-8-19(16-35)12-24(25)31/h3-12,14-16,26H,13H2,1-2H3,(H,32,38). The van der Waals surface area contributed by atoms with Crippen LogP contribution in [0.4, 0.5) is 10.1 Å². The first-order valence-electron chi connectivity index (χ1n) is 11.8. The number of ether oxygens (including phenoxy) is 1. The summed E-state index contributed by atoms with van der Waals surface area (Å²) < 4.78 is 21.0. The third-order valence-corrected chi connectivity index (χ3v) is 6.26. The largest absolute Gasteiger partial charge is 0.480 e. The number of hydrogen-bond acceptors (Lipinski definition) is 6. The summed E-state index contributed by atoms with van der Waals surface area (Å²) in [5, 5.41) is 7.16. The second-order valence-electron chi connectivity index (χ2n) is 8.65. The number of ketones is 1. The third-order valence-electron chi connectivity index (χ3n) is 6.02. The van der Waals surface area contributed by atoms with Gasteiger partial charge in [-0.3, -0.25) is 19.2 Å². The van der Waals surface area contributed by atoms with E-state index in [0.717, 1.165) is 16.3 Å². The Labute approximate surface area is 228 Å². The smallest absolute Gasteiger partial charge is 0.268 e. The van der Waals surface area contributed by atoms with E-state index in [-0.39, 0.29) is 34.9 Å². The van der Waals surface area contributed by atoms with E-state index in [1.54, 1.807) is 36.4 Å². The van der Waals surface area contributed by atoms with Crippen molar-refractivity contribution in [1.29, 1.82) is 0 Å². The molecule has 1 amide bonds. The number of carbonyl (C=O) groups excluding carboxylic acids is 3. The molecule has 3 aromatic carbocycles. The number of nitrogens with one attached hydrogen (secondary N) is 1. The maximum atomic E-state index is 14.5. The van der Waals surface area contributed by atoms with Crippen LogP contribution in [-0.2, 0) is 11.2 Å². The van der Waals surface area contributed by atoms with Crippen LogP contribution in [0.3, 0.4) is 0 Å². The zero-order valence-electron chi connectivity index (χ0n) is 21.0. The molecule has 1 heterocycles. The summed E-state index contributed by atoms with van der Waals surface area (Å²) >= 11 is 6.17. The fourth-order valence-electron chi connectivity index (χ4n) is 4.12. The van der Waals surface area contributed by atoms with Crippen molar-refractivity contribution in [3.05, 3.63) is 111 Å². The van der Waals surface area contributed by atoms with Gasteiger partial charge in [0.2, 0.25) is 11.8 Å². The van der Waals surface area contributed by atoms with Crippen LogP contribution in [0.2, 0.25) is 5.02 Å². The van der Waals surface area contributed by atoms with Crippen molar-refractivity contribution < 1.29 is 23.5 Å². The number of halogens is 2. The summed E-state index contributed by atoms with van der Waals surface area (Å²) in [4.78, 5) is 50.1. The molecule has 0 bridgehead atoms. The first kappa shape index (κ1) is 27.4. The molecule has 0 saturated heterocycles. The number of rotatable bonds is 9. The van der Waals surface area contributed by atoms with Crippen LogP contribution in [0.1, 0.15) is 39.2 Å². The Kier molecular flexibility index (Phi) is 8.31. The SMILES string of the molecule is COc1nn(C(Cc2ccccc2)C(=O)Nc2ccc(C=O)cc2F)c(=O)cc1-c1cc(Cl)ccc1C(C)=O. The topological polar surface area (TPSA) is 107 Å². The number of aromatic nitrogens is 2. The minimum absolute atomic E-state index is 0.0215. The van der Waals surface area contributed by atoms with Gasteiger partial charge in [-0.05, 0) is 54.4 Å². The van der Waals surface area contributed by atoms with E-state index in [4.69, 9.17) is 16.3 Å². The zero-order valence-corrected chi connectivity index (χ0v) is 21.7. The Morgan fingerprint density at radius 1 is 1.08 bits per heavy atom. The van der Waals surface area contributed by atoms with Gasteiger partial charge in [0.25, 0.3) is 5.56 Å². The summed E-state index contributed by atoms with van der Waals surface area (Å²) in [7, 11) is 1.34. The van der Waals surface area contributed by atoms with Gasteiger partial charge in [-0.2, -0.15) is 0 Å². The molecule has 0 aliphatic rings. The molecule has 8 nitrogen and oxygen atoms in total. The van der Waals surface area contributed by atoms with Crippen LogP contribution >= 0.6 is 11.6 Å². The van der Waals surface area contributed by atoms with Gasteiger partial charge in [0.1, 0.15) is 18.1 Å². The molecule has 0 radical (unpaired) electrons. The van der Waals surface area contributed by atoms with Crippen LogP contribution in [0.5, 0.6) is 5.88 Å². The van der Waals surface area contributed by atoms with Crippen molar-refractivity contribution in [1.82, 2.24) is 9.78 Å². The molecule has 0 aliphatic heterocycles. The quantitative estimate of drug-likeness (QED) is 0.229. The number of amides is 1. The molecular weight excluding hydrogens is 525 g/mol. The zero-order chi connectivity index (χ0) is 28.1. The number of benzene rings is 3. The number of methoxy groups -OCH3 is 1. The van der Waals surface area contributed by atoms with Crippen molar-refractivity contribution in [2.45, 2.75) is 19.4 Å². The third kappa shape index (κ3) is 6.10. The van der Waals surface area contributed by atoms with Crippen LogP contribution in [0, 0.1) is 5.82 Å². The number of nitrogens with zero attached hydrogens (tertiary/aromatic N) is 2. The van der Waals surface area contributed by atoms with Gasteiger partial charge in [0, 0.05) is 28.6 Å². The van der Waals surface area contributed by atoms with Crippen molar-refractivity contribution in [2.75, 3.05) is 12.4 Å². The van der Waals surface area contributed by atoms with Gasteiger partial charge >= 0.3 is 0 Å². The predicted octanol–water partition coefficient (Wildman–Crippen LogP) is 5.15. The predicted molar refractivity (Wildman–Crippen MR) is 145 cm³/mol. The van der Waals surface area contributed by atoms with Gasteiger partial charge < -0.3 is 10.1 Å². The van der Waals surface area contributed by atoms with Gasteiger partial charge in [-0.25, -0.2) is 9.07 Å². The van der Waals surface area contributed by atoms with Crippen molar-refractivity contribution in [3.63, 3.8) is 0 Å². The number of aldehydes is 1. The molecule has 0 fully saturated rings. The second kappa shape index (κ2) is 11.8. The average Bonchev–Trinajstić information content (AvgIpc) is 2.93. The van der Waals surface area contributed by atoms with E-state index in [0.29, 0.717) is 22.4 Å². The first-order chi connectivity index (χ1) is 18.7. The van der Waals surface area contributed by atoms with Crippen molar-refractivity contribution in [3.8, 4) is 17.0 Å². The molecule has 0 aliphatic carbocycles. The van der Waals surface area contributed by atoms with Crippen LogP contribution in [0.15, 0.2) is 77.6 Å². The summed E-state index contributed by atoms with van der Waals surface area (Å²) in [6.45, 7) is 1.38. The Balaban J connectivity index is 1.82. The summed E-state index contributed by atoms with van der Waals surface area (Å²) in [6, 6.07) is 17.2. The van der Waals surface area contributed by atoms with Gasteiger partial charge in [-0.15, -0.1) is 5.10 Å². The molecule has 39 heavy (non-hydrogen) atoms. The van der Waals surface area contributed by atoms with E-state index in [1.165, 1.54) is 38.3 Å². The molecule has 0 saturated carbocycles.